The van der Waals surface area contributed by atoms with Crippen LogP contribution >= 0.6 is 0 Å². The molecule has 7 heteroatoms. The minimum absolute atomic E-state index is 0.818. The maximum atomic E-state index is 5.39. The van der Waals surface area contributed by atoms with Gasteiger partial charge < -0.3 is 19.8 Å². The molecule has 2 aromatic rings. The standard InChI is InChI=1S/C20H32N6O/c1-3-21-20(22-8-5-10-25-12-14-27-15-13-25)23-9-7-18-16-26-11-4-6-17(2)19(26)24-18/h4,6,11,16H,3,5,7-10,12-15H2,1-2H3,(H2,21,22,23). The SMILES string of the molecule is CCNC(=NCCCN1CCOCC1)NCCc1cn2cccc(C)c2n1. The number of morpholine rings is 1. The Hall–Kier alpha value is -2.12. The first-order chi connectivity index (χ1) is 13.3. The Balaban J connectivity index is 1.43. The van der Waals surface area contributed by atoms with Crippen molar-refractivity contribution in [3.8, 4) is 0 Å². The van der Waals surface area contributed by atoms with Gasteiger partial charge in [0.25, 0.3) is 0 Å². The van der Waals surface area contributed by atoms with E-state index in [9.17, 15) is 0 Å². The summed E-state index contributed by atoms with van der Waals surface area (Å²) in [6, 6.07) is 4.15. The number of ether oxygens (including phenoxy) is 1. The lowest BCUT2D eigenvalue weighted by atomic mass is 10.3. The van der Waals surface area contributed by atoms with E-state index in [1.807, 2.05) is 6.20 Å². The van der Waals surface area contributed by atoms with E-state index < -0.39 is 0 Å². The van der Waals surface area contributed by atoms with E-state index in [-0.39, 0.29) is 0 Å². The lowest BCUT2D eigenvalue weighted by molar-refractivity contribution is 0.0377. The van der Waals surface area contributed by atoms with Gasteiger partial charge in [-0.15, -0.1) is 0 Å². The number of aliphatic imine (C=N–C) groups is 1. The fraction of sp³-hybridized carbons (Fsp3) is 0.600. The van der Waals surface area contributed by atoms with Crippen LogP contribution in [-0.4, -0.2) is 72.7 Å². The van der Waals surface area contributed by atoms with Gasteiger partial charge in [-0.3, -0.25) is 9.89 Å². The number of fused-ring (bicyclic) bond motifs is 1. The van der Waals surface area contributed by atoms with Crippen molar-refractivity contribution in [2.45, 2.75) is 26.7 Å². The number of hydrogen-bond acceptors (Lipinski definition) is 4. The largest absolute Gasteiger partial charge is 0.379 e. The third kappa shape index (κ3) is 5.94. The molecule has 2 aromatic heterocycles. The van der Waals surface area contributed by atoms with Crippen LogP contribution in [0.25, 0.3) is 5.65 Å². The van der Waals surface area contributed by atoms with Crippen molar-refractivity contribution in [3.05, 3.63) is 35.8 Å². The summed E-state index contributed by atoms with van der Waals surface area (Å²) >= 11 is 0. The van der Waals surface area contributed by atoms with Gasteiger partial charge in [-0.2, -0.15) is 0 Å². The molecule has 0 spiro atoms. The Morgan fingerprint density at radius 1 is 1.30 bits per heavy atom. The van der Waals surface area contributed by atoms with Crippen LogP contribution in [-0.2, 0) is 11.2 Å². The Morgan fingerprint density at radius 2 is 2.15 bits per heavy atom. The Labute approximate surface area is 161 Å². The second-order valence-electron chi connectivity index (χ2n) is 6.90. The summed E-state index contributed by atoms with van der Waals surface area (Å²) in [4.78, 5) is 11.9. The van der Waals surface area contributed by atoms with Crippen molar-refractivity contribution < 1.29 is 4.74 Å². The van der Waals surface area contributed by atoms with Crippen molar-refractivity contribution in [1.82, 2.24) is 24.9 Å². The first-order valence-corrected chi connectivity index (χ1v) is 10.0. The molecule has 0 aliphatic carbocycles. The molecule has 0 radical (unpaired) electrons. The molecule has 0 unspecified atom stereocenters. The molecule has 7 nitrogen and oxygen atoms in total. The Kier molecular flexibility index (Phi) is 7.47. The second kappa shape index (κ2) is 10.3. The van der Waals surface area contributed by atoms with Crippen molar-refractivity contribution in [2.75, 3.05) is 52.5 Å². The number of nitrogens with zero attached hydrogens (tertiary/aromatic N) is 4. The zero-order chi connectivity index (χ0) is 18.9. The summed E-state index contributed by atoms with van der Waals surface area (Å²) < 4.78 is 7.48. The highest BCUT2D eigenvalue weighted by atomic mass is 16.5. The van der Waals surface area contributed by atoms with Crippen LogP contribution in [0.3, 0.4) is 0 Å². The maximum absolute atomic E-state index is 5.39. The normalized spacial score (nSPS) is 16.0. The number of rotatable bonds is 8. The van der Waals surface area contributed by atoms with Gasteiger partial charge in [-0.1, -0.05) is 6.07 Å². The van der Waals surface area contributed by atoms with E-state index in [0.717, 1.165) is 82.6 Å². The van der Waals surface area contributed by atoms with E-state index in [2.05, 4.69) is 52.1 Å². The first kappa shape index (κ1) is 19.6. The molecule has 27 heavy (non-hydrogen) atoms. The molecule has 0 atom stereocenters. The van der Waals surface area contributed by atoms with Crippen molar-refractivity contribution in [2.24, 2.45) is 4.99 Å². The van der Waals surface area contributed by atoms with Crippen LogP contribution < -0.4 is 10.6 Å². The van der Waals surface area contributed by atoms with E-state index >= 15 is 0 Å². The van der Waals surface area contributed by atoms with Crippen molar-refractivity contribution in [1.29, 1.82) is 0 Å². The monoisotopic (exact) mass is 372 g/mol. The fourth-order valence-corrected chi connectivity index (χ4v) is 3.29. The average Bonchev–Trinajstić information content (AvgIpc) is 3.10. The maximum Gasteiger partial charge on any atom is 0.191 e. The number of pyridine rings is 1. The van der Waals surface area contributed by atoms with Gasteiger partial charge in [0.1, 0.15) is 5.65 Å². The highest BCUT2D eigenvalue weighted by Gasteiger charge is 2.09. The van der Waals surface area contributed by atoms with Gasteiger partial charge in [0.2, 0.25) is 0 Å². The highest BCUT2D eigenvalue weighted by molar-refractivity contribution is 5.79. The van der Waals surface area contributed by atoms with E-state index in [0.29, 0.717) is 0 Å². The van der Waals surface area contributed by atoms with Crippen LogP contribution in [0.1, 0.15) is 24.6 Å². The number of nitrogens with one attached hydrogen (secondary N) is 2. The van der Waals surface area contributed by atoms with Gasteiger partial charge in [0, 0.05) is 58.1 Å². The molecule has 1 aliphatic heterocycles. The summed E-state index contributed by atoms with van der Waals surface area (Å²) in [5.74, 6) is 0.888. The molecule has 2 N–H and O–H groups in total. The quantitative estimate of drug-likeness (QED) is 0.417. The molecular weight excluding hydrogens is 340 g/mol. The summed E-state index contributed by atoms with van der Waals surface area (Å²) in [6.07, 6.45) is 6.10. The smallest absolute Gasteiger partial charge is 0.191 e. The van der Waals surface area contributed by atoms with E-state index in [1.54, 1.807) is 0 Å². The lowest BCUT2D eigenvalue weighted by Gasteiger charge is -2.26. The number of aromatic nitrogens is 2. The van der Waals surface area contributed by atoms with Crippen molar-refractivity contribution >= 4 is 11.6 Å². The van der Waals surface area contributed by atoms with Crippen LogP contribution in [0.2, 0.25) is 0 Å². The Bertz CT molecular complexity index is 735. The summed E-state index contributed by atoms with van der Waals surface area (Å²) in [5, 5.41) is 6.75. The zero-order valence-corrected chi connectivity index (χ0v) is 16.6. The summed E-state index contributed by atoms with van der Waals surface area (Å²) in [5.41, 5.74) is 3.34. The third-order valence-electron chi connectivity index (χ3n) is 4.75. The number of imidazole rings is 1. The first-order valence-electron chi connectivity index (χ1n) is 10.0. The molecule has 1 saturated heterocycles. The minimum Gasteiger partial charge on any atom is -0.379 e. The van der Waals surface area contributed by atoms with Gasteiger partial charge in [0.15, 0.2) is 5.96 Å². The van der Waals surface area contributed by atoms with E-state index in [1.165, 1.54) is 5.56 Å². The van der Waals surface area contributed by atoms with Crippen LogP contribution in [0.15, 0.2) is 29.5 Å². The molecular formula is C20H32N6O. The highest BCUT2D eigenvalue weighted by Crippen LogP contribution is 2.10. The molecule has 0 aromatic carbocycles. The van der Waals surface area contributed by atoms with Gasteiger partial charge in [-0.25, -0.2) is 4.98 Å². The molecule has 0 bridgehead atoms. The number of hydrogen-bond donors (Lipinski definition) is 2. The van der Waals surface area contributed by atoms with E-state index in [4.69, 9.17) is 14.7 Å². The number of guanidine groups is 1. The van der Waals surface area contributed by atoms with Crippen LogP contribution in [0.5, 0.6) is 0 Å². The predicted octanol–water partition coefficient (Wildman–Crippen LogP) is 1.46. The zero-order valence-electron chi connectivity index (χ0n) is 16.6. The van der Waals surface area contributed by atoms with Crippen molar-refractivity contribution in [3.63, 3.8) is 0 Å². The van der Waals surface area contributed by atoms with Gasteiger partial charge >= 0.3 is 0 Å². The fourth-order valence-electron chi connectivity index (χ4n) is 3.29. The molecule has 0 amide bonds. The predicted molar refractivity (Wildman–Crippen MR) is 109 cm³/mol. The Morgan fingerprint density at radius 3 is 2.93 bits per heavy atom. The molecule has 148 valence electrons. The third-order valence-corrected chi connectivity index (χ3v) is 4.75. The molecule has 3 heterocycles. The lowest BCUT2D eigenvalue weighted by Crippen LogP contribution is -2.39. The number of aryl methyl sites for hydroxylation is 1. The average molecular weight is 373 g/mol. The van der Waals surface area contributed by atoms with Gasteiger partial charge in [0.05, 0.1) is 18.9 Å². The summed E-state index contributed by atoms with van der Waals surface area (Å²) in [7, 11) is 0. The molecule has 0 saturated carbocycles. The van der Waals surface area contributed by atoms with Crippen LogP contribution in [0, 0.1) is 6.92 Å². The van der Waals surface area contributed by atoms with Gasteiger partial charge in [-0.05, 0) is 31.9 Å². The topological polar surface area (TPSA) is 66.2 Å². The molecule has 1 aliphatic rings. The molecule has 1 fully saturated rings. The minimum atomic E-state index is 0.818. The molecule has 3 rings (SSSR count). The van der Waals surface area contributed by atoms with Crippen LogP contribution in [0.4, 0.5) is 0 Å². The second-order valence-corrected chi connectivity index (χ2v) is 6.90. The summed E-state index contributed by atoms with van der Waals surface area (Å²) in [6.45, 7) is 11.6.